The summed E-state index contributed by atoms with van der Waals surface area (Å²) in [5.74, 6) is -1.29. The number of amides is 1. The van der Waals surface area contributed by atoms with Gasteiger partial charge in [0.2, 0.25) is 5.91 Å². The second-order valence-corrected chi connectivity index (χ2v) is 14.7. The van der Waals surface area contributed by atoms with Crippen molar-refractivity contribution in [3.8, 4) is 0 Å². The maximum absolute atomic E-state index is 13.8. The van der Waals surface area contributed by atoms with Crippen LogP contribution in [-0.4, -0.2) is 40.6 Å². The molecule has 0 bridgehead atoms. The summed E-state index contributed by atoms with van der Waals surface area (Å²) in [6.07, 6.45) is 0. The van der Waals surface area contributed by atoms with Crippen molar-refractivity contribution in [1.29, 1.82) is 0 Å². The zero-order chi connectivity index (χ0) is 35.5. The summed E-state index contributed by atoms with van der Waals surface area (Å²) >= 11 is 3.06. The number of carboxylic acid groups (broad SMARTS) is 1. The van der Waals surface area contributed by atoms with Crippen LogP contribution < -0.4 is 11.1 Å². The lowest BCUT2D eigenvalue weighted by Gasteiger charge is -2.36. The van der Waals surface area contributed by atoms with Gasteiger partial charge in [-0.3, -0.25) is 4.79 Å². The number of hydrogen-bond donors (Lipinski definition) is 3. The van der Waals surface area contributed by atoms with Crippen molar-refractivity contribution >= 4 is 35.4 Å². The van der Waals surface area contributed by atoms with E-state index in [-0.39, 0.29) is 11.5 Å². The molecule has 4 N–H and O–H groups in total. The van der Waals surface area contributed by atoms with Crippen molar-refractivity contribution in [2.75, 3.05) is 11.5 Å². The molecule has 256 valence electrons. The van der Waals surface area contributed by atoms with E-state index in [0.29, 0.717) is 0 Å². The molecule has 0 aliphatic carbocycles. The van der Waals surface area contributed by atoms with Crippen LogP contribution in [0, 0.1) is 0 Å². The van der Waals surface area contributed by atoms with Gasteiger partial charge in [-0.15, -0.1) is 23.5 Å². The molecule has 0 aliphatic rings. The van der Waals surface area contributed by atoms with Gasteiger partial charge in [-0.1, -0.05) is 182 Å². The quantitative estimate of drug-likeness (QED) is 0.0930. The van der Waals surface area contributed by atoms with Gasteiger partial charge >= 0.3 is 5.97 Å². The van der Waals surface area contributed by atoms with Crippen LogP contribution >= 0.6 is 23.5 Å². The SMILES string of the molecule is N[C@@H](CSC(c1ccccc1)(c1ccccc1)c1ccccc1)C(=O)N[C@@H](CSC(c1ccccc1)(c1ccccc1)c1ccccc1)C(=O)O. The molecule has 0 spiro atoms. The van der Waals surface area contributed by atoms with Crippen molar-refractivity contribution in [3.05, 3.63) is 215 Å². The number of benzene rings is 6. The van der Waals surface area contributed by atoms with Crippen molar-refractivity contribution in [2.45, 2.75) is 21.6 Å². The Labute approximate surface area is 308 Å². The summed E-state index contributed by atoms with van der Waals surface area (Å²) in [6, 6.07) is 58.7. The highest BCUT2D eigenvalue weighted by Crippen LogP contribution is 2.50. The summed E-state index contributed by atoms with van der Waals surface area (Å²) in [5.41, 5.74) is 12.8. The third-order valence-electron chi connectivity index (χ3n) is 8.98. The van der Waals surface area contributed by atoms with Crippen LogP contribution in [0.15, 0.2) is 182 Å². The first-order chi connectivity index (χ1) is 24.9. The first kappa shape index (κ1) is 35.7. The molecule has 0 fully saturated rings. The minimum absolute atomic E-state index is 0.0988. The minimum atomic E-state index is -1.18. The molecule has 0 radical (unpaired) electrons. The van der Waals surface area contributed by atoms with E-state index >= 15 is 0 Å². The number of carbonyl (C=O) groups is 2. The van der Waals surface area contributed by atoms with Crippen LogP contribution in [0.2, 0.25) is 0 Å². The Hall–Kier alpha value is -5.08. The molecule has 2 atom stereocenters. The molecular formula is C44H40N2O3S2. The van der Waals surface area contributed by atoms with E-state index in [1.807, 2.05) is 109 Å². The van der Waals surface area contributed by atoms with Gasteiger partial charge in [0.15, 0.2) is 0 Å². The molecule has 0 heterocycles. The summed E-state index contributed by atoms with van der Waals surface area (Å²) in [6.45, 7) is 0. The Morgan fingerprint density at radius 1 is 0.490 bits per heavy atom. The smallest absolute Gasteiger partial charge is 0.327 e. The van der Waals surface area contributed by atoms with Gasteiger partial charge in [-0.05, 0) is 33.4 Å². The highest BCUT2D eigenvalue weighted by atomic mass is 32.2. The molecule has 0 saturated carbocycles. The van der Waals surface area contributed by atoms with Crippen LogP contribution in [0.5, 0.6) is 0 Å². The molecule has 0 aromatic heterocycles. The van der Waals surface area contributed by atoms with Gasteiger partial charge in [0.05, 0.1) is 15.5 Å². The van der Waals surface area contributed by atoms with Crippen LogP contribution in [0.3, 0.4) is 0 Å². The Morgan fingerprint density at radius 3 is 1.00 bits per heavy atom. The number of rotatable bonds is 15. The first-order valence-electron chi connectivity index (χ1n) is 16.8. The molecular weight excluding hydrogens is 669 g/mol. The van der Waals surface area contributed by atoms with E-state index in [4.69, 9.17) is 5.73 Å². The van der Waals surface area contributed by atoms with Gasteiger partial charge in [-0.2, -0.15) is 0 Å². The van der Waals surface area contributed by atoms with E-state index < -0.39 is 33.5 Å². The van der Waals surface area contributed by atoms with Gasteiger partial charge in [0, 0.05) is 11.5 Å². The maximum atomic E-state index is 13.8. The van der Waals surface area contributed by atoms with E-state index in [0.717, 1.165) is 33.4 Å². The fourth-order valence-electron chi connectivity index (χ4n) is 6.49. The fraction of sp³-hybridized carbons (Fsp3) is 0.136. The Balaban J connectivity index is 1.27. The minimum Gasteiger partial charge on any atom is -0.480 e. The second kappa shape index (κ2) is 16.8. The predicted octanol–water partition coefficient (Wildman–Crippen LogP) is 8.33. The van der Waals surface area contributed by atoms with Crippen LogP contribution in [0.25, 0.3) is 0 Å². The lowest BCUT2D eigenvalue weighted by Crippen LogP contribution is -2.51. The Morgan fingerprint density at radius 2 is 0.745 bits per heavy atom. The van der Waals surface area contributed by atoms with Gasteiger partial charge < -0.3 is 16.2 Å². The number of nitrogens with one attached hydrogen (secondary N) is 1. The summed E-state index contributed by atoms with van der Waals surface area (Å²) in [7, 11) is 0. The molecule has 5 nitrogen and oxygen atoms in total. The lowest BCUT2D eigenvalue weighted by molar-refractivity contribution is -0.141. The van der Waals surface area contributed by atoms with E-state index in [9.17, 15) is 14.7 Å². The molecule has 0 unspecified atom stereocenters. The lowest BCUT2D eigenvalue weighted by atomic mass is 9.84. The monoisotopic (exact) mass is 708 g/mol. The number of hydrogen-bond acceptors (Lipinski definition) is 5. The zero-order valence-corrected chi connectivity index (χ0v) is 29.7. The van der Waals surface area contributed by atoms with E-state index in [1.165, 1.54) is 11.8 Å². The average Bonchev–Trinajstić information content (AvgIpc) is 3.20. The summed E-state index contributed by atoms with van der Waals surface area (Å²) in [4.78, 5) is 26.6. The maximum Gasteiger partial charge on any atom is 0.327 e. The zero-order valence-electron chi connectivity index (χ0n) is 28.0. The van der Waals surface area contributed by atoms with Gasteiger partial charge in [0.1, 0.15) is 6.04 Å². The highest BCUT2D eigenvalue weighted by Gasteiger charge is 2.40. The standard InChI is InChI=1S/C44H40N2O3S2/c45-39(31-50-43(33-19-7-1-8-20-33,34-21-9-2-10-22-34)35-23-11-3-12-24-35)41(47)46-40(42(48)49)32-51-44(36-25-13-4-14-26-36,37-27-15-5-16-28-37)38-29-17-6-18-30-38/h1-30,39-40H,31-32,45H2,(H,46,47)(H,48,49)/t39-,40-/m0/s1. The second-order valence-electron chi connectivity index (χ2n) is 12.2. The van der Waals surface area contributed by atoms with Crippen molar-refractivity contribution in [1.82, 2.24) is 5.32 Å². The van der Waals surface area contributed by atoms with Crippen LogP contribution in [0.4, 0.5) is 0 Å². The number of thioether (sulfide) groups is 2. The largest absolute Gasteiger partial charge is 0.480 e. The van der Waals surface area contributed by atoms with Gasteiger partial charge in [0.25, 0.3) is 0 Å². The molecule has 51 heavy (non-hydrogen) atoms. The number of carbonyl (C=O) groups excluding carboxylic acids is 1. The van der Waals surface area contributed by atoms with E-state index in [1.54, 1.807) is 11.8 Å². The number of aliphatic carboxylic acids is 1. The number of nitrogens with two attached hydrogens (primary N) is 1. The molecule has 7 heteroatoms. The molecule has 0 aliphatic heterocycles. The average molecular weight is 709 g/mol. The predicted molar refractivity (Wildman–Crippen MR) is 211 cm³/mol. The molecule has 6 aromatic carbocycles. The normalized spacial score (nSPS) is 12.8. The topological polar surface area (TPSA) is 92.4 Å². The summed E-state index contributed by atoms with van der Waals surface area (Å²) < 4.78 is -1.40. The molecule has 6 aromatic rings. The Bertz CT molecular complexity index is 1790. The Kier molecular flexibility index (Phi) is 11.7. The van der Waals surface area contributed by atoms with E-state index in [2.05, 4.69) is 78.1 Å². The molecule has 1 amide bonds. The van der Waals surface area contributed by atoms with Crippen LogP contribution in [-0.2, 0) is 19.1 Å². The fourth-order valence-corrected chi connectivity index (χ4v) is 9.53. The molecule has 0 saturated heterocycles. The van der Waals surface area contributed by atoms with Crippen molar-refractivity contribution < 1.29 is 14.7 Å². The van der Waals surface area contributed by atoms with Crippen molar-refractivity contribution in [3.63, 3.8) is 0 Å². The van der Waals surface area contributed by atoms with Crippen LogP contribution in [0.1, 0.15) is 33.4 Å². The van der Waals surface area contributed by atoms with Crippen molar-refractivity contribution in [2.24, 2.45) is 5.73 Å². The summed E-state index contributed by atoms with van der Waals surface area (Å²) in [5, 5.41) is 13.2. The third-order valence-corrected chi connectivity index (χ3v) is 12.3. The number of carboxylic acids is 1. The van der Waals surface area contributed by atoms with Gasteiger partial charge in [-0.25, -0.2) is 4.79 Å². The molecule has 6 rings (SSSR count). The third kappa shape index (κ3) is 7.81. The first-order valence-corrected chi connectivity index (χ1v) is 18.8. The highest BCUT2D eigenvalue weighted by molar-refractivity contribution is 8.01.